The van der Waals surface area contributed by atoms with E-state index in [1.165, 1.54) is 57.5 Å². The van der Waals surface area contributed by atoms with Crippen LogP contribution in [0.3, 0.4) is 0 Å². The Morgan fingerprint density at radius 2 is 2.12 bits per heavy atom. The van der Waals surface area contributed by atoms with Crippen LogP contribution in [0.15, 0.2) is 0 Å². The van der Waals surface area contributed by atoms with Gasteiger partial charge in [-0.2, -0.15) is 11.8 Å². The zero-order valence-corrected chi connectivity index (χ0v) is 12.3. The normalized spacial score (nSPS) is 36.0. The van der Waals surface area contributed by atoms with Gasteiger partial charge in [-0.25, -0.2) is 0 Å². The molecule has 3 heteroatoms. The average Bonchev–Trinajstić information content (AvgIpc) is 2.66. The van der Waals surface area contributed by atoms with Gasteiger partial charge in [0, 0.05) is 23.9 Å². The Kier molecular flexibility index (Phi) is 5.64. The minimum absolute atomic E-state index is 0.727. The Labute approximate surface area is 111 Å². The van der Waals surface area contributed by atoms with E-state index in [9.17, 15) is 0 Å². The molecule has 2 fully saturated rings. The molecule has 2 aliphatic rings. The van der Waals surface area contributed by atoms with Gasteiger partial charge >= 0.3 is 0 Å². The minimum atomic E-state index is 0.727. The van der Waals surface area contributed by atoms with Crippen LogP contribution < -0.4 is 5.32 Å². The highest BCUT2D eigenvalue weighted by Gasteiger charge is 2.33. The smallest absolute Gasteiger partial charge is 0.0215 e. The van der Waals surface area contributed by atoms with Gasteiger partial charge in [0.25, 0.3) is 0 Å². The van der Waals surface area contributed by atoms with Crippen LogP contribution >= 0.6 is 11.8 Å². The number of rotatable bonds is 4. The van der Waals surface area contributed by atoms with Crippen molar-refractivity contribution in [3.05, 3.63) is 0 Å². The molecule has 1 saturated heterocycles. The van der Waals surface area contributed by atoms with Crippen molar-refractivity contribution in [1.82, 2.24) is 10.2 Å². The Balaban J connectivity index is 1.94. The van der Waals surface area contributed by atoms with E-state index in [2.05, 4.69) is 35.8 Å². The zero-order chi connectivity index (χ0) is 12.1. The van der Waals surface area contributed by atoms with E-state index in [0.29, 0.717) is 0 Å². The maximum Gasteiger partial charge on any atom is 0.0215 e. The molecule has 0 aromatic rings. The predicted octanol–water partition coefficient (Wildman–Crippen LogP) is 2.73. The number of nitrogens with one attached hydrogen (secondary N) is 1. The van der Waals surface area contributed by atoms with E-state index in [4.69, 9.17) is 0 Å². The van der Waals surface area contributed by atoms with Crippen LogP contribution in [0.25, 0.3) is 0 Å². The topological polar surface area (TPSA) is 15.3 Å². The number of hydrogen-bond acceptors (Lipinski definition) is 3. The lowest BCUT2D eigenvalue weighted by Gasteiger charge is -2.33. The number of hydrogen-bond donors (Lipinski definition) is 1. The number of nitrogens with zero attached hydrogens (tertiary/aromatic N) is 1. The molecule has 0 bridgehead atoms. The summed E-state index contributed by atoms with van der Waals surface area (Å²) in [5.74, 6) is 1.28. The molecule has 0 radical (unpaired) electrons. The molecule has 1 aliphatic carbocycles. The molecule has 2 nitrogen and oxygen atoms in total. The van der Waals surface area contributed by atoms with E-state index >= 15 is 0 Å². The molecule has 2 rings (SSSR count). The summed E-state index contributed by atoms with van der Waals surface area (Å²) in [6, 6.07) is 1.60. The standard InChI is InChI=1S/C14H28N2S/c1-3-12-11-16(10-6-9-15-12)13-7-5-8-14(13)17-4-2/h12-15H,3-11H2,1-2H3. The van der Waals surface area contributed by atoms with Gasteiger partial charge in [-0.3, -0.25) is 4.90 Å². The molecule has 0 spiro atoms. The van der Waals surface area contributed by atoms with Crippen molar-refractivity contribution in [1.29, 1.82) is 0 Å². The van der Waals surface area contributed by atoms with Crippen LogP contribution in [-0.2, 0) is 0 Å². The quantitative estimate of drug-likeness (QED) is 0.832. The molecule has 1 heterocycles. The fourth-order valence-corrected chi connectivity index (χ4v) is 4.63. The highest BCUT2D eigenvalue weighted by Crippen LogP contribution is 2.33. The lowest BCUT2D eigenvalue weighted by atomic mass is 10.1. The average molecular weight is 256 g/mol. The molecule has 17 heavy (non-hydrogen) atoms. The van der Waals surface area contributed by atoms with Crippen molar-refractivity contribution in [3.63, 3.8) is 0 Å². The maximum absolute atomic E-state index is 3.68. The molecule has 1 aliphatic heterocycles. The van der Waals surface area contributed by atoms with E-state index < -0.39 is 0 Å². The highest BCUT2D eigenvalue weighted by atomic mass is 32.2. The van der Waals surface area contributed by atoms with Crippen molar-refractivity contribution in [3.8, 4) is 0 Å². The van der Waals surface area contributed by atoms with Gasteiger partial charge in [-0.15, -0.1) is 0 Å². The van der Waals surface area contributed by atoms with Gasteiger partial charge in [-0.05, 0) is 44.5 Å². The Morgan fingerprint density at radius 1 is 1.24 bits per heavy atom. The molecule has 3 unspecified atom stereocenters. The third kappa shape index (κ3) is 3.62. The second-order valence-electron chi connectivity index (χ2n) is 5.40. The molecular weight excluding hydrogens is 228 g/mol. The van der Waals surface area contributed by atoms with E-state index in [1.54, 1.807) is 0 Å². The van der Waals surface area contributed by atoms with Crippen molar-refractivity contribution in [2.24, 2.45) is 0 Å². The van der Waals surface area contributed by atoms with Crippen LogP contribution in [0.1, 0.15) is 46.0 Å². The summed E-state index contributed by atoms with van der Waals surface area (Å²) in [6.45, 7) is 8.43. The predicted molar refractivity (Wildman–Crippen MR) is 77.8 cm³/mol. The summed E-state index contributed by atoms with van der Waals surface area (Å²) in [7, 11) is 0. The van der Waals surface area contributed by atoms with Gasteiger partial charge in [0.2, 0.25) is 0 Å². The van der Waals surface area contributed by atoms with Crippen molar-refractivity contribution < 1.29 is 0 Å². The fraction of sp³-hybridized carbons (Fsp3) is 1.00. The molecule has 0 aromatic heterocycles. The third-order valence-corrected chi connectivity index (χ3v) is 5.58. The van der Waals surface area contributed by atoms with Crippen LogP contribution in [0.2, 0.25) is 0 Å². The van der Waals surface area contributed by atoms with Crippen molar-refractivity contribution in [2.45, 2.75) is 63.3 Å². The van der Waals surface area contributed by atoms with E-state index in [1.807, 2.05) is 0 Å². The van der Waals surface area contributed by atoms with Crippen molar-refractivity contribution >= 4 is 11.8 Å². The summed E-state index contributed by atoms with van der Waals surface area (Å²) in [5, 5.41) is 4.60. The fourth-order valence-electron chi connectivity index (χ4n) is 3.33. The Morgan fingerprint density at radius 3 is 2.88 bits per heavy atom. The van der Waals surface area contributed by atoms with Crippen LogP contribution in [-0.4, -0.2) is 47.6 Å². The van der Waals surface area contributed by atoms with Gasteiger partial charge in [0.05, 0.1) is 0 Å². The van der Waals surface area contributed by atoms with Gasteiger partial charge < -0.3 is 5.32 Å². The lowest BCUT2D eigenvalue weighted by molar-refractivity contribution is 0.197. The molecule has 1 N–H and O–H groups in total. The van der Waals surface area contributed by atoms with Gasteiger partial charge in [0.1, 0.15) is 0 Å². The molecule has 3 atom stereocenters. The first-order valence-corrected chi connectivity index (χ1v) is 8.49. The first kappa shape index (κ1) is 13.7. The SMILES string of the molecule is CCSC1CCCC1N1CCCNC(CC)C1. The van der Waals surface area contributed by atoms with Crippen LogP contribution in [0.4, 0.5) is 0 Å². The van der Waals surface area contributed by atoms with Crippen molar-refractivity contribution in [2.75, 3.05) is 25.4 Å². The molecule has 0 aromatic carbocycles. The summed E-state index contributed by atoms with van der Waals surface area (Å²) in [5.41, 5.74) is 0. The monoisotopic (exact) mass is 256 g/mol. The first-order valence-electron chi connectivity index (χ1n) is 7.44. The second kappa shape index (κ2) is 7.01. The van der Waals surface area contributed by atoms with E-state index in [0.717, 1.165) is 17.3 Å². The highest BCUT2D eigenvalue weighted by molar-refractivity contribution is 7.99. The zero-order valence-electron chi connectivity index (χ0n) is 11.5. The molecule has 1 saturated carbocycles. The van der Waals surface area contributed by atoms with E-state index in [-0.39, 0.29) is 0 Å². The molecule has 0 amide bonds. The second-order valence-corrected chi connectivity index (χ2v) is 6.92. The number of thioether (sulfide) groups is 1. The van der Waals surface area contributed by atoms with Gasteiger partial charge in [-0.1, -0.05) is 20.3 Å². The van der Waals surface area contributed by atoms with Crippen LogP contribution in [0.5, 0.6) is 0 Å². The van der Waals surface area contributed by atoms with Gasteiger partial charge in [0.15, 0.2) is 0 Å². The minimum Gasteiger partial charge on any atom is -0.313 e. The lowest BCUT2D eigenvalue weighted by Crippen LogP contribution is -2.44. The molecular formula is C14H28N2S. The maximum atomic E-state index is 3.68. The largest absolute Gasteiger partial charge is 0.313 e. The Hall–Kier alpha value is 0.270. The molecule has 100 valence electrons. The third-order valence-electron chi connectivity index (χ3n) is 4.27. The Bertz CT molecular complexity index is 222. The summed E-state index contributed by atoms with van der Waals surface area (Å²) < 4.78 is 0. The first-order chi connectivity index (χ1) is 8.35. The summed E-state index contributed by atoms with van der Waals surface area (Å²) in [6.07, 6.45) is 6.94. The summed E-state index contributed by atoms with van der Waals surface area (Å²) in [4.78, 5) is 2.80. The summed E-state index contributed by atoms with van der Waals surface area (Å²) >= 11 is 2.19. The van der Waals surface area contributed by atoms with Crippen LogP contribution in [0, 0.1) is 0 Å².